The molecule has 1 saturated heterocycles. The summed E-state index contributed by atoms with van der Waals surface area (Å²) in [6.07, 6.45) is 4.63. The summed E-state index contributed by atoms with van der Waals surface area (Å²) in [6, 6.07) is 4.33. The van der Waals surface area contributed by atoms with Gasteiger partial charge in [0.1, 0.15) is 0 Å². The predicted octanol–water partition coefficient (Wildman–Crippen LogP) is 3.39. The van der Waals surface area contributed by atoms with Gasteiger partial charge >= 0.3 is 0 Å². The fourth-order valence-electron chi connectivity index (χ4n) is 3.11. The van der Waals surface area contributed by atoms with E-state index >= 15 is 0 Å². The van der Waals surface area contributed by atoms with E-state index in [0.29, 0.717) is 5.92 Å². The van der Waals surface area contributed by atoms with Gasteiger partial charge in [0, 0.05) is 49.9 Å². The van der Waals surface area contributed by atoms with Crippen LogP contribution in [0.4, 0.5) is 5.13 Å². The summed E-state index contributed by atoms with van der Waals surface area (Å²) in [4.78, 5) is 12.9. The molecule has 3 heterocycles. The molecule has 0 aromatic carbocycles. The van der Waals surface area contributed by atoms with Gasteiger partial charge < -0.3 is 15.5 Å². The highest BCUT2D eigenvalue weighted by Crippen LogP contribution is 2.24. The number of anilines is 1. The lowest BCUT2D eigenvalue weighted by atomic mass is 10.1. The van der Waals surface area contributed by atoms with E-state index in [2.05, 4.69) is 50.3 Å². The fraction of sp³-hybridized carbons (Fsp3) is 0.579. The van der Waals surface area contributed by atoms with Crippen LogP contribution < -0.4 is 15.5 Å². The SMILES string of the molecule is CN=C(NCCc1csc(N2CCCC2)n1)NCC(C)Cc1cccs1. The Bertz CT molecular complexity index is 674. The van der Waals surface area contributed by atoms with Crippen molar-refractivity contribution in [3.63, 3.8) is 0 Å². The summed E-state index contributed by atoms with van der Waals surface area (Å²) in [5, 5.41) is 12.4. The molecule has 0 amide bonds. The summed E-state index contributed by atoms with van der Waals surface area (Å²) in [5.41, 5.74) is 1.17. The Labute approximate surface area is 164 Å². The maximum Gasteiger partial charge on any atom is 0.190 e. The normalized spacial score (nSPS) is 16.1. The molecule has 1 fully saturated rings. The Kier molecular flexibility index (Phi) is 7.32. The zero-order valence-corrected chi connectivity index (χ0v) is 17.3. The minimum atomic E-state index is 0.578. The number of guanidine groups is 1. The molecule has 26 heavy (non-hydrogen) atoms. The first-order valence-corrected chi connectivity index (χ1v) is 11.2. The summed E-state index contributed by atoms with van der Waals surface area (Å²) >= 11 is 3.60. The van der Waals surface area contributed by atoms with E-state index in [4.69, 9.17) is 4.98 Å². The highest BCUT2D eigenvalue weighted by molar-refractivity contribution is 7.13. The third kappa shape index (κ3) is 5.71. The standard InChI is InChI=1S/C19H29N5S2/c1-15(12-17-6-5-11-25-17)13-22-18(20-2)21-8-7-16-14-26-19(23-16)24-9-3-4-10-24/h5-6,11,14-15H,3-4,7-10,12-13H2,1-2H3,(H2,20,21,22). The predicted molar refractivity (Wildman–Crippen MR) is 114 cm³/mol. The van der Waals surface area contributed by atoms with Gasteiger partial charge in [-0.1, -0.05) is 13.0 Å². The molecule has 0 aliphatic carbocycles. The maximum atomic E-state index is 4.78. The quantitative estimate of drug-likeness (QED) is 0.535. The Balaban J connectivity index is 1.36. The molecule has 7 heteroatoms. The lowest BCUT2D eigenvalue weighted by Gasteiger charge is -2.15. The van der Waals surface area contributed by atoms with Crippen molar-refractivity contribution in [2.45, 2.75) is 32.6 Å². The van der Waals surface area contributed by atoms with Crippen LogP contribution in [-0.2, 0) is 12.8 Å². The van der Waals surface area contributed by atoms with Crippen LogP contribution in [-0.4, -0.2) is 44.2 Å². The molecule has 1 aliphatic rings. The first kappa shape index (κ1) is 19.2. The monoisotopic (exact) mass is 391 g/mol. The lowest BCUT2D eigenvalue weighted by molar-refractivity contribution is 0.562. The number of aliphatic imine (C=N–C) groups is 1. The van der Waals surface area contributed by atoms with E-state index in [0.717, 1.165) is 45.0 Å². The summed E-state index contributed by atoms with van der Waals surface area (Å²) in [5.74, 6) is 1.45. The molecule has 1 atom stereocenters. The van der Waals surface area contributed by atoms with Gasteiger partial charge in [-0.25, -0.2) is 4.98 Å². The van der Waals surface area contributed by atoms with E-state index in [1.165, 1.54) is 28.5 Å². The molecular weight excluding hydrogens is 362 g/mol. The molecule has 2 N–H and O–H groups in total. The highest BCUT2D eigenvalue weighted by atomic mass is 32.1. The van der Waals surface area contributed by atoms with Crippen LogP contribution in [0.5, 0.6) is 0 Å². The molecule has 0 radical (unpaired) electrons. The van der Waals surface area contributed by atoms with E-state index in [1.807, 2.05) is 18.4 Å². The van der Waals surface area contributed by atoms with Gasteiger partial charge in [0.2, 0.25) is 0 Å². The average molecular weight is 392 g/mol. The van der Waals surface area contributed by atoms with Gasteiger partial charge in [-0.3, -0.25) is 4.99 Å². The Morgan fingerprint density at radius 3 is 2.88 bits per heavy atom. The van der Waals surface area contributed by atoms with E-state index in [9.17, 15) is 0 Å². The van der Waals surface area contributed by atoms with Gasteiger partial charge in [-0.05, 0) is 36.6 Å². The fourth-order valence-corrected chi connectivity index (χ4v) is 4.89. The Hall–Kier alpha value is -1.60. The molecule has 0 spiro atoms. The van der Waals surface area contributed by atoms with Crippen LogP contribution in [0.15, 0.2) is 27.9 Å². The molecule has 1 unspecified atom stereocenters. The second-order valence-corrected chi connectivity index (χ2v) is 8.70. The minimum Gasteiger partial charge on any atom is -0.356 e. The Morgan fingerprint density at radius 2 is 2.15 bits per heavy atom. The van der Waals surface area contributed by atoms with Crippen LogP contribution in [0.3, 0.4) is 0 Å². The van der Waals surface area contributed by atoms with Crippen LogP contribution in [0, 0.1) is 5.92 Å². The second-order valence-electron chi connectivity index (χ2n) is 6.83. The molecule has 0 saturated carbocycles. The number of rotatable bonds is 8. The van der Waals surface area contributed by atoms with E-state index in [-0.39, 0.29) is 0 Å². The second kappa shape index (κ2) is 9.92. The van der Waals surface area contributed by atoms with Gasteiger partial charge in [0.05, 0.1) is 5.69 Å². The lowest BCUT2D eigenvalue weighted by Crippen LogP contribution is -2.40. The minimum absolute atomic E-state index is 0.578. The molecule has 2 aromatic rings. The molecular formula is C19H29N5S2. The third-order valence-electron chi connectivity index (χ3n) is 4.56. The van der Waals surface area contributed by atoms with Crippen LogP contribution >= 0.6 is 22.7 Å². The maximum absolute atomic E-state index is 4.78. The zero-order chi connectivity index (χ0) is 18.2. The first-order chi connectivity index (χ1) is 12.7. The van der Waals surface area contributed by atoms with Crippen molar-refractivity contribution in [2.75, 3.05) is 38.1 Å². The number of thiazole rings is 1. The topological polar surface area (TPSA) is 52.6 Å². The summed E-state index contributed by atoms with van der Waals surface area (Å²) in [7, 11) is 1.83. The smallest absolute Gasteiger partial charge is 0.190 e. The first-order valence-electron chi connectivity index (χ1n) is 9.41. The van der Waals surface area contributed by atoms with Crippen LogP contribution in [0.25, 0.3) is 0 Å². The van der Waals surface area contributed by atoms with Crippen LogP contribution in [0.1, 0.15) is 30.3 Å². The number of thiophene rings is 1. The van der Waals surface area contributed by atoms with Crippen molar-refractivity contribution < 1.29 is 0 Å². The van der Waals surface area contributed by atoms with Gasteiger partial charge in [0.25, 0.3) is 0 Å². The van der Waals surface area contributed by atoms with Gasteiger partial charge in [-0.2, -0.15) is 0 Å². The summed E-state index contributed by atoms with van der Waals surface area (Å²) in [6.45, 7) is 6.36. The number of nitrogens with zero attached hydrogens (tertiary/aromatic N) is 3. The van der Waals surface area contributed by atoms with Crippen molar-refractivity contribution in [3.8, 4) is 0 Å². The van der Waals surface area contributed by atoms with Gasteiger partial charge in [-0.15, -0.1) is 22.7 Å². The molecule has 2 aromatic heterocycles. The Morgan fingerprint density at radius 1 is 1.31 bits per heavy atom. The van der Waals surface area contributed by atoms with Crippen molar-refractivity contribution in [3.05, 3.63) is 33.5 Å². The van der Waals surface area contributed by atoms with Crippen molar-refractivity contribution in [1.82, 2.24) is 15.6 Å². The average Bonchev–Trinajstić information content (AvgIpc) is 3.39. The molecule has 0 bridgehead atoms. The van der Waals surface area contributed by atoms with Crippen LogP contribution in [0.2, 0.25) is 0 Å². The number of hydrogen-bond acceptors (Lipinski definition) is 5. The number of hydrogen-bond donors (Lipinski definition) is 2. The van der Waals surface area contributed by atoms with E-state index in [1.54, 1.807) is 11.3 Å². The van der Waals surface area contributed by atoms with Gasteiger partial charge in [0.15, 0.2) is 11.1 Å². The summed E-state index contributed by atoms with van der Waals surface area (Å²) < 4.78 is 0. The highest BCUT2D eigenvalue weighted by Gasteiger charge is 2.15. The number of nitrogens with one attached hydrogen (secondary N) is 2. The van der Waals surface area contributed by atoms with Crippen molar-refractivity contribution in [2.24, 2.45) is 10.9 Å². The van der Waals surface area contributed by atoms with E-state index < -0.39 is 0 Å². The van der Waals surface area contributed by atoms with Crippen molar-refractivity contribution >= 4 is 33.8 Å². The number of aromatic nitrogens is 1. The van der Waals surface area contributed by atoms with Crippen molar-refractivity contribution in [1.29, 1.82) is 0 Å². The molecule has 5 nitrogen and oxygen atoms in total. The molecule has 3 rings (SSSR count). The zero-order valence-electron chi connectivity index (χ0n) is 15.7. The third-order valence-corrected chi connectivity index (χ3v) is 6.41. The molecule has 142 valence electrons. The largest absolute Gasteiger partial charge is 0.356 e. The molecule has 1 aliphatic heterocycles.